The van der Waals surface area contributed by atoms with Crippen molar-refractivity contribution in [3.63, 3.8) is 0 Å². The molecule has 0 N–H and O–H groups in total. The summed E-state index contributed by atoms with van der Waals surface area (Å²) in [4.78, 5) is 0. The van der Waals surface area contributed by atoms with E-state index in [1.807, 2.05) is 6.07 Å². The lowest BCUT2D eigenvalue weighted by molar-refractivity contribution is 0.842. The number of benzene rings is 1. The molecule has 0 saturated heterocycles. The van der Waals surface area contributed by atoms with Crippen molar-refractivity contribution in [2.75, 3.05) is 0 Å². The third-order valence-corrected chi connectivity index (χ3v) is 1.94. The fraction of sp³-hybridized carbons (Fsp3) is 0.455. The van der Waals surface area contributed by atoms with Crippen LogP contribution in [0.1, 0.15) is 37.8 Å². The highest BCUT2D eigenvalue weighted by Crippen LogP contribution is 2.18. The summed E-state index contributed by atoms with van der Waals surface area (Å²) in [6.45, 7) is 6.62. The summed E-state index contributed by atoms with van der Waals surface area (Å²) in [5.41, 5.74) is 2.80. The summed E-state index contributed by atoms with van der Waals surface area (Å²) in [5.74, 6) is 0.603. The second-order valence-corrected chi connectivity index (χ2v) is 3.12. The van der Waals surface area contributed by atoms with Crippen molar-refractivity contribution in [2.24, 2.45) is 0 Å². The molecule has 0 unspecified atom stereocenters. The van der Waals surface area contributed by atoms with Crippen molar-refractivity contribution >= 4 is 0 Å². The number of hydrogen-bond acceptors (Lipinski definition) is 0. The summed E-state index contributed by atoms with van der Waals surface area (Å²) in [7, 11) is 0. The molecule has 0 bridgehead atoms. The van der Waals surface area contributed by atoms with Gasteiger partial charge in [-0.1, -0.05) is 39.0 Å². The second kappa shape index (κ2) is 3.56. The quantitative estimate of drug-likeness (QED) is 0.602. The molecule has 1 radical (unpaired) electrons. The number of rotatable bonds is 2. The van der Waals surface area contributed by atoms with Gasteiger partial charge in [-0.25, -0.2) is 0 Å². The molecule has 1 aromatic rings. The van der Waals surface area contributed by atoms with Gasteiger partial charge in [-0.3, -0.25) is 0 Å². The monoisotopic (exact) mass is 147 g/mol. The first kappa shape index (κ1) is 8.32. The molecule has 11 heavy (non-hydrogen) atoms. The van der Waals surface area contributed by atoms with E-state index in [2.05, 4.69) is 39.0 Å². The Morgan fingerprint density at radius 3 is 2.64 bits per heavy atom. The van der Waals surface area contributed by atoms with Crippen molar-refractivity contribution < 1.29 is 0 Å². The molecule has 0 amide bonds. The Morgan fingerprint density at radius 1 is 1.45 bits per heavy atom. The minimum atomic E-state index is 0.603. The molecule has 0 aromatic heterocycles. The standard InChI is InChI=1S/C11H15/c1-4-10-7-5-6-8-11(10)9(2)3/h5-7,9H,4H2,1-3H3. The van der Waals surface area contributed by atoms with Gasteiger partial charge in [0.1, 0.15) is 0 Å². The zero-order chi connectivity index (χ0) is 8.27. The van der Waals surface area contributed by atoms with Gasteiger partial charge in [-0.05, 0) is 29.5 Å². The van der Waals surface area contributed by atoms with Crippen LogP contribution in [0.5, 0.6) is 0 Å². The Kier molecular flexibility index (Phi) is 2.70. The predicted octanol–water partition coefficient (Wildman–Crippen LogP) is 3.17. The molecule has 0 nitrogen and oxygen atoms in total. The molecular weight excluding hydrogens is 132 g/mol. The van der Waals surface area contributed by atoms with Crippen molar-refractivity contribution in [3.05, 3.63) is 35.4 Å². The van der Waals surface area contributed by atoms with Gasteiger partial charge in [0.05, 0.1) is 0 Å². The molecule has 0 spiro atoms. The van der Waals surface area contributed by atoms with E-state index < -0.39 is 0 Å². The van der Waals surface area contributed by atoms with Gasteiger partial charge in [-0.15, -0.1) is 0 Å². The van der Waals surface area contributed by atoms with E-state index in [1.165, 1.54) is 11.1 Å². The van der Waals surface area contributed by atoms with Crippen LogP contribution >= 0.6 is 0 Å². The third-order valence-electron chi connectivity index (χ3n) is 1.94. The third kappa shape index (κ3) is 1.83. The van der Waals surface area contributed by atoms with E-state index in [0.717, 1.165) is 6.42 Å². The lowest BCUT2D eigenvalue weighted by atomic mass is 9.96. The largest absolute Gasteiger partial charge is 0.0614 e. The van der Waals surface area contributed by atoms with E-state index >= 15 is 0 Å². The van der Waals surface area contributed by atoms with E-state index in [9.17, 15) is 0 Å². The average Bonchev–Trinajstić information content (AvgIpc) is 2.04. The molecule has 1 rings (SSSR count). The molecule has 0 aliphatic rings. The van der Waals surface area contributed by atoms with Gasteiger partial charge < -0.3 is 0 Å². The summed E-state index contributed by atoms with van der Waals surface area (Å²) in [5, 5.41) is 0. The van der Waals surface area contributed by atoms with Gasteiger partial charge in [0.25, 0.3) is 0 Å². The Hall–Kier alpha value is -0.780. The SMILES string of the molecule is CCc1ccc[c]c1C(C)C. The number of hydrogen-bond donors (Lipinski definition) is 0. The second-order valence-electron chi connectivity index (χ2n) is 3.12. The van der Waals surface area contributed by atoms with Gasteiger partial charge in [0, 0.05) is 0 Å². The maximum Gasteiger partial charge on any atom is -0.0144 e. The fourth-order valence-electron chi connectivity index (χ4n) is 1.33. The van der Waals surface area contributed by atoms with Crippen molar-refractivity contribution in [1.29, 1.82) is 0 Å². The van der Waals surface area contributed by atoms with Crippen LogP contribution < -0.4 is 0 Å². The smallest absolute Gasteiger partial charge is 0.0144 e. The topological polar surface area (TPSA) is 0 Å². The summed E-state index contributed by atoms with van der Waals surface area (Å²) in [6.07, 6.45) is 1.12. The normalized spacial score (nSPS) is 10.5. The summed E-state index contributed by atoms with van der Waals surface area (Å²) in [6, 6.07) is 9.53. The molecule has 0 fully saturated rings. The molecule has 0 aliphatic heterocycles. The van der Waals surface area contributed by atoms with Gasteiger partial charge in [0.15, 0.2) is 0 Å². The molecule has 0 aliphatic carbocycles. The fourth-order valence-corrected chi connectivity index (χ4v) is 1.33. The van der Waals surface area contributed by atoms with Crippen LogP contribution in [0, 0.1) is 6.07 Å². The highest BCUT2D eigenvalue weighted by atomic mass is 14.1. The first-order chi connectivity index (χ1) is 5.25. The van der Waals surface area contributed by atoms with E-state index in [4.69, 9.17) is 0 Å². The Balaban J connectivity index is 3.02. The lowest BCUT2D eigenvalue weighted by Gasteiger charge is -2.09. The molecular formula is C11H15. The van der Waals surface area contributed by atoms with Crippen LogP contribution in [0.25, 0.3) is 0 Å². The van der Waals surface area contributed by atoms with E-state index in [1.54, 1.807) is 0 Å². The minimum absolute atomic E-state index is 0.603. The molecule has 0 atom stereocenters. The van der Waals surface area contributed by atoms with Crippen molar-refractivity contribution in [2.45, 2.75) is 33.1 Å². The van der Waals surface area contributed by atoms with E-state index in [-0.39, 0.29) is 0 Å². The highest BCUT2D eigenvalue weighted by Gasteiger charge is 2.02. The van der Waals surface area contributed by atoms with Crippen LogP contribution in [-0.2, 0) is 6.42 Å². The van der Waals surface area contributed by atoms with E-state index in [0.29, 0.717) is 5.92 Å². The zero-order valence-electron chi connectivity index (χ0n) is 7.52. The lowest BCUT2D eigenvalue weighted by Crippen LogP contribution is -1.93. The van der Waals surface area contributed by atoms with Crippen LogP contribution in [0.3, 0.4) is 0 Å². The van der Waals surface area contributed by atoms with Crippen LogP contribution in [-0.4, -0.2) is 0 Å². The van der Waals surface area contributed by atoms with Crippen LogP contribution in [0.15, 0.2) is 18.2 Å². The average molecular weight is 147 g/mol. The molecule has 59 valence electrons. The predicted molar refractivity (Wildman–Crippen MR) is 48.7 cm³/mol. The van der Waals surface area contributed by atoms with Crippen molar-refractivity contribution in [3.8, 4) is 0 Å². The Morgan fingerprint density at radius 2 is 2.18 bits per heavy atom. The summed E-state index contributed by atoms with van der Waals surface area (Å²) >= 11 is 0. The maximum atomic E-state index is 3.29. The van der Waals surface area contributed by atoms with Gasteiger partial charge in [-0.2, -0.15) is 0 Å². The maximum absolute atomic E-state index is 3.29. The molecule has 0 heterocycles. The summed E-state index contributed by atoms with van der Waals surface area (Å²) < 4.78 is 0. The first-order valence-corrected chi connectivity index (χ1v) is 4.25. The minimum Gasteiger partial charge on any atom is -0.0614 e. The van der Waals surface area contributed by atoms with Gasteiger partial charge in [0.2, 0.25) is 0 Å². The van der Waals surface area contributed by atoms with Crippen LogP contribution in [0.2, 0.25) is 0 Å². The Labute approximate surface area is 69.3 Å². The van der Waals surface area contributed by atoms with Crippen molar-refractivity contribution in [1.82, 2.24) is 0 Å². The Bertz CT molecular complexity index is 223. The zero-order valence-corrected chi connectivity index (χ0v) is 7.52. The number of aryl methyl sites for hydroxylation is 1. The first-order valence-electron chi connectivity index (χ1n) is 4.25. The molecule has 0 saturated carbocycles. The highest BCUT2D eigenvalue weighted by molar-refractivity contribution is 5.28. The van der Waals surface area contributed by atoms with Crippen LogP contribution in [0.4, 0.5) is 0 Å². The molecule has 0 heteroatoms. The van der Waals surface area contributed by atoms with Gasteiger partial charge >= 0.3 is 0 Å². The molecule has 1 aromatic carbocycles.